The Bertz CT molecular complexity index is 668. The molecule has 1 aromatic rings. The number of allylic oxidation sites excluding steroid dienone is 1. The van der Waals surface area contributed by atoms with Gasteiger partial charge in [-0.15, -0.1) is 0 Å². The summed E-state index contributed by atoms with van der Waals surface area (Å²) in [6.45, 7) is 3.22. The lowest BCUT2D eigenvalue weighted by Crippen LogP contribution is -2.39. The zero-order valence-corrected chi connectivity index (χ0v) is 16.7. The van der Waals surface area contributed by atoms with Crippen LogP contribution in [0.4, 0.5) is 0 Å². The van der Waals surface area contributed by atoms with Gasteiger partial charge >= 0.3 is 0 Å². The van der Waals surface area contributed by atoms with Crippen molar-refractivity contribution in [2.24, 2.45) is 11.8 Å². The maximum absolute atomic E-state index is 12.7. The van der Waals surface area contributed by atoms with Crippen LogP contribution in [0.3, 0.4) is 0 Å². The molecule has 0 unspecified atom stereocenters. The standard InChI is InChI=1S/C22H31NO5/c1-3-27-22-18(5-4-12-24)19(16-8-10-17(26-2)11-9-16)13-20(28-22)21(25)23-14-15-6-7-15/h8-11,13,15,18-19,22,24H,3-7,12,14H2,1-2H3,(H,23,25)/t18-,19+,22+/m0/s1. The van der Waals surface area contributed by atoms with E-state index in [4.69, 9.17) is 14.2 Å². The lowest BCUT2D eigenvalue weighted by atomic mass is 9.80. The Morgan fingerprint density at radius 3 is 2.64 bits per heavy atom. The summed E-state index contributed by atoms with van der Waals surface area (Å²) < 4.78 is 17.1. The van der Waals surface area contributed by atoms with Crippen LogP contribution in [0.2, 0.25) is 0 Å². The first-order chi connectivity index (χ1) is 13.7. The van der Waals surface area contributed by atoms with E-state index in [1.54, 1.807) is 7.11 Å². The third kappa shape index (κ3) is 5.26. The Balaban J connectivity index is 1.86. The fourth-order valence-electron chi connectivity index (χ4n) is 3.62. The van der Waals surface area contributed by atoms with Crippen molar-refractivity contribution in [2.75, 3.05) is 26.9 Å². The summed E-state index contributed by atoms with van der Waals surface area (Å²) in [5.74, 6) is 1.50. The number of hydrogen-bond acceptors (Lipinski definition) is 5. The van der Waals surface area contributed by atoms with Crippen molar-refractivity contribution < 1.29 is 24.1 Å². The van der Waals surface area contributed by atoms with Gasteiger partial charge in [0, 0.05) is 31.6 Å². The van der Waals surface area contributed by atoms with Gasteiger partial charge in [0.05, 0.1) is 7.11 Å². The van der Waals surface area contributed by atoms with Gasteiger partial charge in [0.2, 0.25) is 6.29 Å². The maximum atomic E-state index is 12.7. The monoisotopic (exact) mass is 389 g/mol. The van der Waals surface area contributed by atoms with E-state index in [9.17, 15) is 9.90 Å². The third-order valence-electron chi connectivity index (χ3n) is 5.38. The molecule has 6 heteroatoms. The Morgan fingerprint density at radius 1 is 1.29 bits per heavy atom. The van der Waals surface area contributed by atoms with Gasteiger partial charge in [-0.1, -0.05) is 12.1 Å². The van der Waals surface area contributed by atoms with Crippen LogP contribution in [0.25, 0.3) is 0 Å². The van der Waals surface area contributed by atoms with Crippen molar-refractivity contribution in [2.45, 2.75) is 44.8 Å². The first-order valence-electron chi connectivity index (χ1n) is 10.2. The molecule has 154 valence electrons. The largest absolute Gasteiger partial charge is 0.497 e. The molecule has 2 N–H and O–H groups in total. The molecule has 3 atom stereocenters. The molecule has 1 aliphatic carbocycles. The Kier molecular flexibility index (Phi) is 7.34. The topological polar surface area (TPSA) is 77.0 Å². The molecule has 2 aliphatic rings. The number of nitrogens with one attached hydrogen (secondary N) is 1. The summed E-state index contributed by atoms with van der Waals surface area (Å²) in [5, 5.41) is 12.3. The second-order valence-corrected chi connectivity index (χ2v) is 7.45. The second kappa shape index (κ2) is 9.94. The van der Waals surface area contributed by atoms with Gasteiger partial charge in [-0.2, -0.15) is 0 Å². The number of rotatable bonds is 10. The molecule has 1 aliphatic heterocycles. The fourth-order valence-corrected chi connectivity index (χ4v) is 3.62. The SMILES string of the molecule is CCO[C@@H]1OC(C(=O)NCC2CC2)=C[C@H](c2ccc(OC)cc2)[C@@H]1CCCO. The highest BCUT2D eigenvalue weighted by Crippen LogP contribution is 2.40. The van der Waals surface area contributed by atoms with Crippen molar-refractivity contribution in [1.82, 2.24) is 5.32 Å². The number of ether oxygens (including phenoxy) is 3. The van der Waals surface area contributed by atoms with Gasteiger partial charge < -0.3 is 24.6 Å². The van der Waals surface area contributed by atoms with Gasteiger partial charge in [-0.05, 0) is 62.3 Å². The van der Waals surface area contributed by atoms with E-state index in [0.717, 1.165) is 17.7 Å². The predicted octanol–water partition coefficient (Wildman–Crippen LogP) is 2.97. The minimum Gasteiger partial charge on any atom is -0.497 e. The number of aliphatic hydroxyl groups excluding tert-OH is 1. The molecule has 0 aromatic heterocycles. The zero-order valence-electron chi connectivity index (χ0n) is 16.7. The number of aliphatic hydroxyl groups is 1. The van der Waals surface area contributed by atoms with Crippen molar-refractivity contribution in [3.05, 3.63) is 41.7 Å². The van der Waals surface area contributed by atoms with E-state index in [0.29, 0.717) is 31.2 Å². The molecule has 1 aromatic carbocycles. The van der Waals surface area contributed by atoms with Crippen LogP contribution < -0.4 is 10.1 Å². The van der Waals surface area contributed by atoms with E-state index < -0.39 is 6.29 Å². The van der Waals surface area contributed by atoms with Gasteiger partial charge in [-0.25, -0.2) is 0 Å². The van der Waals surface area contributed by atoms with Crippen LogP contribution in [0, 0.1) is 11.8 Å². The van der Waals surface area contributed by atoms with Crippen molar-refractivity contribution in [3.63, 3.8) is 0 Å². The van der Waals surface area contributed by atoms with Crippen LogP contribution in [0.5, 0.6) is 5.75 Å². The average molecular weight is 389 g/mol. The Hall–Kier alpha value is -2.05. The summed E-state index contributed by atoms with van der Waals surface area (Å²) in [6.07, 6.45) is 5.14. The number of amides is 1. The molecule has 0 bridgehead atoms. The molecule has 6 nitrogen and oxygen atoms in total. The molecule has 1 heterocycles. The van der Waals surface area contributed by atoms with Crippen LogP contribution in [0.15, 0.2) is 36.1 Å². The van der Waals surface area contributed by atoms with Gasteiger partial charge in [0.25, 0.3) is 5.91 Å². The lowest BCUT2D eigenvalue weighted by Gasteiger charge is -2.37. The van der Waals surface area contributed by atoms with Crippen molar-refractivity contribution >= 4 is 5.91 Å². The molecule has 0 spiro atoms. The Morgan fingerprint density at radius 2 is 2.04 bits per heavy atom. The molecule has 1 amide bonds. The second-order valence-electron chi connectivity index (χ2n) is 7.45. The highest BCUT2D eigenvalue weighted by Gasteiger charge is 2.38. The quantitative estimate of drug-likeness (QED) is 0.643. The molecule has 0 saturated heterocycles. The average Bonchev–Trinajstić information content (AvgIpc) is 3.55. The molecular formula is C22H31NO5. The minimum atomic E-state index is -0.518. The zero-order chi connectivity index (χ0) is 19.9. The van der Waals surface area contributed by atoms with E-state index in [2.05, 4.69) is 5.32 Å². The van der Waals surface area contributed by atoms with E-state index in [1.807, 2.05) is 37.3 Å². The minimum absolute atomic E-state index is 0.0143. The number of hydrogen-bond donors (Lipinski definition) is 2. The number of carbonyl (C=O) groups excluding carboxylic acids is 1. The van der Waals surface area contributed by atoms with E-state index in [1.165, 1.54) is 12.8 Å². The Labute approximate surface area is 166 Å². The van der Waals surface area contributed by atoms with Crippen molar-refractivity contribution in [1.29, 1.82) is 0 Å². The summed E-state index contributed by atoms with van der Waals surface area (Å²) in [7, 11) is 1.64. The lowest BCUT2D eigenvalue weighted by molar-refractivity contribution is -0.166. The molecule has 1 fully saturated rings. The normalized spacial score (nSPS) is 24.2. The maximum Gasteiger partial charge on any atom is 0.286 e. The van der Waals surface area contributed by atoms with E-state index >= 15 is 0 Å². The van der Waals surface area contributed by atoms with Crippen LogP contribution in [-0.2, 0) is 14.3 Å². The van der Waals surface area contributed by atoms with Crippen LogP contribution in [0.1, 0.15) is 44.1 Å². The summed E-state index contributed by atoms with van der Waals surface area (Å²) >= 11 is 0. The first kappa shape index (κ1) is 20.7. The molecule has 3 rings (SSSR count). The predicted molar refractivity (Wildman–Crippen MR) is 106 cm³/mol. The number of carbonyl (C=O) groups is 1. The summed E-state index contributed by atoms with van der Waals surface area (Å²) in [6, 6.07) is 7.87. The first-order valence-corrected chi connectivity index (χ1v) is 10.2. The highest BCUT2D eigenvalue weighted by molar-refractivity contribution is 5.91. The molecule has 1 saturated carbocycles. The van der Waals surface area contributed by atoms with Gasteiger partial charge in [0.1, 0.15) is 5.75 Å². The van der Waals surface area contributed by atoms with Gasteiger partial charge in [-0.3, -0.25) is 4.79 Å². The highest BCUT2D eigenvalue weighted by atomic mass is 16.7. The number of methoxy groups -OCH3 is 1. The molecule has 28 heavy (non-hydrogen) atoms. The molecule has 0 radical (unpaired) electrons. The number of benzene rings is 1. The van der Waals surface area contributed by atoms with E-state index in [-0.39, 0.29) is 24.3 Å². The van der Waals surface area contributed by atoms with Gasteiger partial charge in [0.15, 0.2) is 5.76 Å². The third-order valence-corrected chi connectivity index (χ3v) is 5.38. The summed E-state index contributed by atoms with van der Waals surface area (Å²) in [4.78, 5) is 12.7. The van der Waals surface area contributed by atoms with Crippen LogP contribution >= 0.6 is 0 Å². The fraction of sp³-hybridized carbons (Fsp3) is 0.591. The smallest absolute Gasteiger partial charge is 0.286 e. The van der Waals surface area contributed by atoms with Crippen molar-refractivity contribution in [3.8, 4) is 5.75 Å². The summed E-state index contributed by atoms with van der Waals surface area (Å²) in [5.41, 5.74) is 1.07. The van der Waals surface area contributed by atoms with Crippen LogP contribution in [-0.4, -0.2) is 44.2 Å². The molecular weight excluding hydrogens is 358 g/mol.